The van der Waals surface area contributed by atoms with Gasteiger partial charge in [-0.2, -0.15) is 0 Å². The summed E-state index contributed by atoms with van der Waals surface area (Å²) >= 11 is 3.51. The molecule has 2 heterocycles. The number of rotatable bonds is 6. The summed E-state index contributed by atoms with van der Waals surface area (Å²) in [7, 11) is 1.68. The topological polar surface area (TPSA) is 41.1 Å². The molecule has 0 aliphatic rings. The van der Waals surface area contributed by atoms with Crippen molar-refractivity contribution in [1.29, 1.82) is 0 Å². The summed E-state index contributed by atoms with van der Waals surface area (Å²) in [6.45, 7) is 5.37. The number of hydrogen-bond acceptors (Lipinski definition) is 4. The van der Waals surface area contributed by atoms with E-state index in [9.17, 15) is 4.79 Å². The van der Waals surface area contributed by atoms with Crippen molar-refractivity contribution in [2.45, 2.75) is 20.4 Å². The van der Waals surface area contributed by atoms with Crippen LogP contribution in [0.25, 0.3) is 10.4 Å². The van der Waals surface area contributed by atoms with Gasteiger partial charge in [0.15, 0.2) is 0 Å². The third kappa shape index (κ3) is 3.69. The molecule has 2 aromatic rings. The summed E-state index contributed by atoms with van der Waals surface area (Å²) < 4.78 is 0. The maximum Gasteiger partial charge on any atom is 0.226 e. The molecule has 108 valence electrons. The number of carbonyl (C=O) groups is 1. The minimum Gasteiger partial charge on any atom is -0.359 e. The van der Waals surface area contributed by atoms with Crippen LogP contribution in [-0.4, -0.2) is 19.5 Å². The zero-order valence-corrected chi connectivity index (χ0v) is 13.7. The second-order valence-electron chi connectivity index (χ2n) is 5.35. The standard InChI is InChI=1S/C15H20N2OS2/c1-15(2,14(18)16-3)10-17-8-12-7-11(9-20-12)13-5-4-6-19-13/h4-7,9,17H,8,10H2,1-3H3,(H,16,18). The summed E-state index contributed by atoms with van der Waals surface area (Å²) in [5.41, 5.74) is 0.898. The number of amides is 1. The van der Waals surface area contributed by atoms with Crippen LogP contribution >= 0.6 is 22.7 Å². The van der Waals surface area contributed by atoms with Crippen LogP contribution in [0.15, 0.2) is 29.0 Å². The molecule has 0 saturated carbocycles. The lowest BCUT2D eigenvalue weighted by Crippen LogP contribution is -2.41. The molecule has 0 aliphatic heterocycles. The first kappa shape index (κ1) is 15.2. The molecular weight excluding hydrogens is 288 g/mol. The third-order valence-electron chi connectivity index (χ3n) is 3.17. The van der Waals surface area contributed by atoms with Gasteiger partial charge in [0.1, 0.15) is 0 Å². The summed E-state index contributed by atoms with van der Waals surface area (Å²) in [5.74, 6) is 0.0652. The van der Waals surface area contributed by atoms with Gasteiger partial charge in [0, 0.05) is 35.5 Å². The SMILES string of the molecule is CNC(=O)C(C)(C)CNCc1cc(-c2cccs2)cs1. The predicted octanol–water partition coefficient (Wildman–Crippen LogP) is 3.34. The van der Waals surface area contributed by atoms with E-state index in [4.69, 9.17) is 0 Å². The van der Waals surface area contributed by atoms with Crippen LogP contribution in [0.5, 0.6) is 0 Å². The summed E-state index contributed by atoms with van der Waals surface area (Å²) in [6.07, 6.45) is 0. The van der Waals surface area contributed by atoms with Crippen molar-refractivity contribution < 1.29 is 4.79 Å². The Morgan fingerprint density at radius 3 is 2.80 bits per heavy atom. The molecule has 2 rings (SSSR count). The van der Waals surface area contributed by atoms with Crippen LogP contribution in [0, 0.1) is 5.41 Å². The molecule has 0 spiro atoms. The zero-order chi connectivity index (χ0) is 14.6. The van der Waals surface area contributed by atoms with Gasteiger partial charge in [0.05, 0.1) is 5.41 Å². The number of carbonyl (C=O) groups excluding carboxylic acids is 1. The highest BCUT2D eigenvalue weighted by Gasteiger charge is 2.25. The number of nitrogens with one attached hydrogen (secondary N) is 2. The van der Waals surface area contributed by atoms with Gasteiger partial charge in [-0.25, -0.2) is 0 Å². The van der Waals surface area contributed by atoms with E-state index in [-0.39, 0.29) is 11.3 Å². The lowest BCUT2D eigenvalue weighted by Gasteiger charge is -2.22. The predicted molar refractivity (Wildman–Crippen MR) is 87.2 cm³/mol. The second-order valence-corrected chi connectivity index (χ2v) is 7.29. The van der Waals surface area contributed by atoms with Crippen LogP contribution in [0.1, 0.15) is 18.7 Å². The third-order valence-corrected chi connectivity index (χ3v) is 5.02. The lowest BCUT2D eigenvalue weighted by atomic mass is 9.92. The molecule has 20 heavy (non-hydrogen) atoms. The maximum absolute atomic E-state index is 11.7. The first-order valence-electron chi connectivity index (χ1n) is 6.57. The second kappa shape index (κ2) is 6.52. The molecule has 0 radical (unpaired) electrons. The monoisotopic (exact) mass is 308 g/mol. The largest absolute Gasteiger partial charge is 0.359 e. The van der Waals surface area contributed by atoms with Crippen molar-refractivity contribution in [2.24, 2.45) is 5.41 Å². The molecule has 1 amide bonds. The molecule has 5 heteroatoms. The van der Waals surface area contributed by atoms with E-state index in [1.54, 1.807) is 29.7 Å². The van der Waals surface area contributed by atoms with Gasteiger partial charge < -0.3 is 10.6 Å². The Kier molecular flexibility index (Phi) is 4.96. The Bertz CT molecular complexity index is 558. The van der Waals surface area contributed by atoms with E-state index < -0.39 is 0 Å². The van der Waals surface area contributed by atoms with Crippen LogP contribution in [0.4, 0.5) is 0 Å². The van der Waals surface area contributed by atoms with E-state index in [1.807, 2.05) is 13.8 Å². The quantitative estimate of drug-likeness (QED) is 0.859. The molecule has 0 atom stereocenters. The average molecular weight is 308 g/mol. The minimum atomic E-state index is -0.386. The molecular formula is C15H20N2OS2. The van der Waals surface area contributed by atoms with Crippen molar-refractivity contribution in [2.75, 3.05) is 13.6 Å². The van der Waals surface area contributed by atoms with Gasteiger partial charge in [0.2, 0.25) is 5.91 Å². The zero-order valence-electron chi connectivity index (χ0n) is 12.0. The number of thiophene rings is 2. The minimum absolute atomic E-state index is 0.0652. The molecule has 0 unspecified atom stereocenters. The summed E-state index contributed by atoms with van der Waals surface area (Å²) in [4.78, 5) is 14.3. The fraction of sp³-hybridized carbons (Fsp3) is 0.400. The van der Waals surface area contributed by atoms with E-state index in [2.05, 4.69) is 39.6 Å². The fourth-order valence-corrected chi connectivity index (χ4v) is 3.61. The fourth-order valence-electron chi connectivity index (χ4n) is 1.96. The Morgan fingerprint density at radius 1 is 1.35 bits per heavy atom. The van der Waals surface area contributed by atoms with Gasteiger partial charge >= 0.3 is 0 Å². The van der Waals surface area contributed by atoms with Crippen LogP contribution in [0.2, 0.25) is 0 Å². The molecule has 2 aromatic heterocycles. The van der Waals surface area contributed by atoms with Crippen molar-refractivity contribution in [1.82, 2.24) is 10.6 Å². The summed E-state index contributed by atoms with van der Waals surface area (Å²) in [6, 6.07) is 6.43. The van der Waals surface area contributed by atoms with Crippen molar-refractivity contribution in [3.05, 3.63) is 33.8 Å². The molecule has 0 aromatic carbocycles. The van der Waals surface area contributed by atoms with E-state index in [0.717, 1.165) is 6.54 Å². The average Bonchev–Trinajstić information content (AvgIpc) is 3.07. The van der Waals surface area contributed by atoms with Crippen LogP contribution < -0.4 is 10.6 Å². The molecule has 3 nitrogen and oxygen atoms in total. The van der Waals surface area contributed by atoms with Crippen molar-refractivity contribution in [3.8, 4) is 10.4 Å². The van der Waals surface area contributed by atoms with Crippen molar-refractivity contribution in [3.63, 3.8) is 0 Å². The highest BCUT2D eigenvalue weighted by molar-refractivity contribution is 7.14. The molecule has 0 bridgehead atoms. The molecule has 0 aliphatic carbocycles. The molecule has 0 fully saturated rings. The van der Waals surface area contributed by atoms with Crippen LogP contribution in [-0.2, 0) is 11.3 Å². The Hall–Kier alpha value is -1.17. The van der Waals surface area contributed by atoms with Gasteiger partial charge in [-0.15, -0.1) is 22.7 Å². The van der Waals surface area contributed by atoms with Gasteiger partial charge in [-0.1, -0.05) is 6.07 Å². The Morgan fingerprint density at radius 2 is 2.15 bits per heavy atom. The Labute approximate surface area is 128 Å². The van der Waals surface area contributed by atoms with Crippen LogP contribution in [0.3, 0.4) is 0 Å². The number of hydrogen-bond donors (Lipinski definition) is 2. The lowest BCUT2D eigenvalue weighted by molar-refractivity contribution is -0.128. The highest BCUT2D eigenvalue weighted by Crippen LogP contribution is 2.29. The van der Waals surface area contributed by atoms with E-state index in [1.165, 1.54) is 15.3 Å². The van der Waals surface area contributed by atoms with Gasteiger partial charge in [0.25, 0.3) is 0 Å². The van der Waals surface area contributed by atoms with E-state index >= 15 is 0 Å². The maximum atomic E-state index is 11.7. The van der Waals surface area contributed by atoms with Gasteiger partial charge in [-0.05, 0) is 36.7 Å². The summed E-state index contributed by atoms with van der Waals surface area (Å²) in [5, 5.41) is 10.4. The molecule has 2 N–H and O–H groups in total. The molecule has 0 saturated heterocycles. The van der Waals surface area contributed by atoms with E-state index in [0.29, 0.717) is 6.54 Å². The first-order valence-corrected chi connectivity index (χ1v) is 8.33. The van der Waals surface area contributed by atoms with Crippen molar-refractivity contribution >= 4 is 28.6 Å². The van der Waals surface area contributed by atoms with Gasteiger partial charge in [-0.3, -0.25) is 4.79 Å². The highest BCUT2D eigenvalue weighted by atomic mass is 32.1. The smallest absolute Gasteiger partial charge is 0.226 e. The first-order chi connectivity index (χ1) is 9.53. The normalized spacial score (nSPS) is 11.6. The Balaban J connectivity index is 1.88.